The summed E-state index contributed by atoms with van der Waals surface area (Å²) in [6.07, 6.45) is 9.13. The number of methoxy groups -OCH3 is 1. The molecule has 1 unspecified atom stereocenters. The van der Waals surface area contributed by atoms with Crippen LogP contribution in [0.5, 0.6) is 11.5 Å². The van der Waals surface area contributed by atoms with Gasteiger partial charge >= 0.3 is 0 Å². The number of hydrogen-bond acceptors (Lipinski definition) is 6. The van der Waals surface area contributed by atoms with Gasteiger partial charge in [-0.3, -0.25) is 14.6 Å². The van der Waals surface area contributed by atoms with Gasteiger partial charge in [0, 0.05) is 37.2 Å². The van der Waals surface area contributed by atoms with E-state index in [1.54, 1.807) is 19.2 Å². The van der Waals surface area contributed by atoms with Gasteiger partial charge in [0.1, 0.15) is 6.29 Å². The van der Waals surface area contributed by atoms with E-state index in [1.807, 2.05) is 11.1 Å². The lowest BCUT2D eigenvalue weighted by Gasteiger charge is -2.26. The number of rotatable bonds is 8. The van der Waals surface area contributed by atoms with Crippen molar-refractivity contribution in [3.8, 4) is 11.5 Å². The fourth-order valence-electron chi connectivity index (χ4n) is 4.73. The van der Waals surface area contributed by atoms with E-state index in [0.29, 0.717) is 42.2 Å². The van der Waals surface area contributed by atoms with Gasteiger partial charge in [-0.2, -0.15) is 0 Å². The monoisotopic (exact) mass is 441 g/mol. The summed E-state index contributed by atoms with van der Waals surface area (Å²) < 4.78 is 11.3. The highest BCUT2D eigenvalue weighted by atomic mass is 16.5. The molecule has 1 aromatic rings. The largest absolute Gasteiger partial charge is 0.493 e. The summed E-state index contributed by atoms with van der Waals surface area (Å²) in [6, 6.07) is 3.66. The van der Waals surface area contributed by atoms with Crippen LogP contribution < -0.4 is 14.8 Å². The molecule has 0 radical (unpaired) electrons. The molecule has 1 atom stereocenters. The number of amides is 2. The van der Waals surface area contributed by atoms with Crippen LogP contribution >= 0.6 is 0 Å². The van der Waals surface area contributed by atoms with Crippen molar-refractivity contribution in [3.05, 3.63) is 17.7 Å². The highest BCUT2D eigenvalue weighted by molar-refractivity contribution is 6.03. The molecule has 1 aromatic carbocycles. The van der Waals surface area contributed by atoms with Gasteiger partial charge < -0.3 is 24.5 Å². The van der Waals surface area contributed by atoms with E-state index in [0.717, 1.165) is 51.4 Å². The van der Waals surface area contributed by atoms with Gasteiger partial charge in [-0.05, 0) is 51.0 Å². The highest BCUT2D eigenvalue weighted by Gasteiger charge is 2.32. The van der Waals surface area contributed by atoms with Crippen LogP contribution in [0.1, 0.15) is 61.7 Å². The molecule has 1 saturated heterocycles. The smallest absolute Gasteiger partial charge is 0.256 e. The zero-order chi connectivity index (χ0) is 22.5. The number of nitrogens with zero attached hydrogens (tertiary/aromatic N) is 2. The molecule has 3 aliphatic rings. The summed E-state index contributed by atoms with van der Waals surface area (Å²) in [7, 11) is 1.55. The molecular formula is C24H31N3O5. The molecule has 2 aliphatic heterocycles. The minimum Gasteiger partial charge on any atom is -0.493 e. The SMILES string of the molecule is COc1cc2c(cc1OCCCC(=O)NC1CCC(C=O)CC1)N=CC1CCCN1C2=O. The lowest BCUT2D eigenvalue weighted by molar-refractivity contribution is -0.122. The average molecular weight is 442 g/mol. The molecule has 1 aliphatic carbocycles. The van der Waals surface area contributed by atoms with Crippen molar-refractivity contribution in [2.24, 2.45) is 10.9 Å². The molecule has 32 heavy (non-hydrogen) atoms. The van der Waals surface area contributed by atoms with Gasteiger partial charge in [0.15, 0.2) is 11.5 Å². The maximum absolute atomic E-state index is 12.9. The first-order valence-electron chi connectivity index (χ1n) is 11.5. The second-order valence-corrected chi connectivity index (χ2v) is 8.77. The summed E-state index contributed by atoms with van der Waals surface area (Å²) >= 11 is 0. The topological polar surface area (TPSA) is 97.3 Å². The van der Waals surface area contributed by atoms with Gasteiger partial charge in [0.2, 0.25) is 5.91 Å². The lowest BCUT2D eigenvalue weighted by Crippen LogP contribution is -2.37. The molecule has 1 saturated carbocycles. The number of ether oxygens (including phenoxy) is 2. The Bertz CT molecular complexity index is 892. The predicted molar refractivity (Wildman–Crippen MR) is 120 cm³/mol. The molecule has 172 valence electrons. The third-order valence-corrected chi connectivity index (χ3v) is 6.59. The zero-order valence-corrected chi connectivity index (χ0v) is 18.5. The number of fused-ring (bicyclic) bond motifs is 2. The van der Waals surface area contributed by atoms with E-state index in [1.165, 1.54) is 0 Å². The first-order valence-corrected chi connectivity index (χ1v) is 11.5. The third kappa shape index (κ3) is 4.95. The van der Waals surface area contributed by atoms with E-state index in [-0.39, 0.29) is 29.8 Å². The van der Waals surface area contributed by atoms with Crippen molar-refractivity contribution in [1.29, 1.82) is 0 Å². The van der Waals surface area contributed by atoms with Crippen LogP contribution in [0.15, 0.2) is 17.1 Å². The fourth-order valence-corrected chi connectivity index (χ4v) is 4.73. The Hall–Kier alpha value is -2.90. The highest BCUT2D eigenvalue weighted by Crippen LogP contribution is 2.38. The van der Waals surface area contributed by atoms with Crippen LogP contribution in [0.3, 0.4) is 0 Å². The lowest BCUT2D eigenvalue weighted by atomic mass is 9.87. The second-order valence-electron chi connectivity index (χ2n) is 8.77. The van der Waals surface area contributed by atoms with Crippen molar-refractivity contribution >= 4 is 30.0 Å². The number of carbonyl (C=O) groups excluding carboxylic acids is 3. The molecule has 1 N–H and O–H groups in total. The summed E-state index contributed by atoms with van der Waals surface area (Å²) in [5.74, 6) is 1.13. The van der Waals surface area contributed by atoms with Gasteiger partial charge in [0.25, 0.3) is 5.91 Å². The van der Waals surface area contributed by atoms with Crippen LogP contribution in [0, 0.1) is 5.92 Å². The molecule has 8 heteroatoms. The molecule has 2 fully saturated rings. The van der Waals surface area contributed by atoms with Gasteiger partial charge in [0.05, 0.1) is 31.0 Å². The van der Waals surface area contributed by atoms with E-state index in [9.17, 15) is 14.4 Å². The van der Waals surface area contributed by atoms with Gasteiger partial charge in [-0.1, -0.05) is 0 Å². The minimum atomic E-state index is -0.0244. The maximum atomic E-state index is 12.9. The van der Waals surface area contributed by atoms with Crippen LogP contribution in [0.2, 0.25) is 0 Å². The Labute approximate surface area is 188 Å². The molecule has 2 heterocycles. The summed E-state index contributed by atoms with van der Waals surface area (Å²) in [5, 5.41) is 3.06. The standard InChI is InChI=1S/C24H31N3O5/c1-31-21-12-19-20(25-14-18-4-2-10-27(18)24(19)30)13-22(21)32-11-3-5-23(29)26-17-8-6-16(15-28)7-9-17/h12-18H,2-11H2,1H3,(H,26,29). The molecular weight excluding hydrogens is 410 g/mol. The maximum Gasteiger partial charge on any atom is 0.256 e. The van der Waals surface area contributed by atoms with Gasteiger partial charge in [-0.25, -0.2) is 0 Å². The Kier molecular flexibility index (Phi) is 7.07. The Morgan fingerprint density at radius 3 is 2.78 bits per heavy atom. The number of carbonyl (C=O) groups is 3. The molecule has 8 nitrogen and oxygen atoms in total. The van der Waals surface area contributed by atoms with Crippen LogP contribution in [0.25, 0.3) is 0 Å². The van der Waals surface area contributed by atoms with E-state index in [2.05, 4.69) is 10.3 Å². The van der Waals surface area contributed by atoms with Crippen molar-refractivity contribution in [3.63, 3.8) is 0 Å². The zero-order valence-electron chi connectivity index (χ0n) is 18.5. The molecule has 0 bridgehead atoms. The van der Waals surface area contributed by atoms with Gasteiger partial charge in [-0.15, -0.1) is 0 Å². The number of nitrogens with one attached hydrogen (secondary N) is 1. The summed E-state index contributed by atoms with van der Waals surface area (Å²) in [4.78, 5) is 42.4. The number of hydrogen-bond donors (Lipinski definition) is 1. The summed E-state index contributed by atoms with van der Waals surface area (Å²) in [6.45, 7) is 1.10. The third-order valence-electron chi connectivity index (χ3n) is 6.59. The number of aliphatic imine (C=N–C) groups is 1. The van der Waals surface area contributed by atoms with E-state index in [4.69, 9.17) is 9.47 Å². The Morgan fingerprint density at radius 1 is 1.22 bits per heavy atom. The van der Waals surface area contributed by atoms with Crippen LogP contribution in [-0.2, 0) is 9.59 Å². The number of benzene rings is 1. The molecule has 2 amide bonds. The second kappa shape index (κ2) is 10.1. The van der Waals surface area contributed by atoms with E-state index < -0.39 is 0 Å². The predicted octanol–water partition coefficient (Wildman–Crippen LogP) is 3.05. The van der Waals surface area contributed by atoms with Crippen molar-refractivity contribution < 1.29 is 23.9 Å². The quantitative estimate of drug-likeness (QED) is 0.494. The molecule has 0 spiro atoms. The fraction of sp³-hybridized carbons (Fsp3) is 0.583. The first-order chi connectivity index (χ1) is 15.6. The normalized spacial score (nSPS) is 24.3. The number of aldehydes is 1. The van der Waals surface area contributed by atoms with Crippen molar-refractivity contribution in [1.82, 2.24) is 10.2 Å². The molecule has 4 rings (SSSR count). The average Bonchev–Trinajstić information content (AvgIpc) is 3.24. The van der Waals surface area contributed by atoms with Crippen molar-refractivity contribution in [2.45, 2.75) is 63.5 Å². The minimum absolute atomic E-state index is 0.00725. The van der Waals surface area contributed by atoms with Crippen LogP contribution in [0.4, 0.5) is 5.69 Å². The van der Waals surface area contributed by atoms with Crippen molar-refractivity contribution in [2.75, 3.05) is 20.3 Å². The first kappa shape index (κ1) is 22.3. The Morgan fingerprint density at radius 2 is 2.03 bits per heavy atom. The van der Waals surface area contributed by atoms with Crippen LogP contribution in [-0.4, -0.2) is 61.6 Å². The Balaban J connectivity index is 1.30. The van der Waals surface area contributed by atoms with E-state index >= 15 is 0 Å². The summed E-state index contributed by atoms with van der Waals surface area (Å²) in [5.41, 5.74) is 1.11. The molecule has 0 aromatic heterocycles.